The zero-order valence-electron chi connectivity index (χ0n) is 12.2. The number of carbonyl (C=O) groups is 1. The molecule has 4 nitrogen and oxygen atoms in total. The summed E-state index contributed by atoms with van der Waals surface area (Å²) >= 11 is 0. The highest BCUT2D eigenvalue weighted by molar-refractivity contribution is 5.83. The average molecular weight is 284 g/mol. The van der Waals surface area contributed by atoms with Crippen LogP contribution in [0.1, 0.15) is 30.1 Å². The van der Waals surface area contributed by atoms with Gasteiger partial charge in [0.1, 0.15) is 11.8 Å². The van der Waals surface area contributed by atoms with Crippen LogP contribution in [0.25, 0.3) is 0 Å². The minimum Gasteiger partial charge on any atom is -0.497 e. The Morgan fingerprint density at radius 1 is 1.05 bits per heavy atom. The van der Waals surface area contributed by atoms with Gasteiger partial charge in [-0.1, -0.05) is 42.5 Å². The molecule has 0 aromatic heterocycles. The van der Waals surface area contributed by atoms with E-state index in [9.17, 15) is 4.79 Å². The Labute approximate surface area is 124 Å². The zero-order valence-corrected chi connectivity index (χ0v) is 12.2. The Kier molecular flexibility index (Phi) is 4.95. The SMILES string of the molecule is COc1ccc([C@H](C)NC(=O)C(N)c2ccccc2)cc1. The van der Waals surface area contributed by atoms with Crippen LogP contribution < -0.4 is 15.8 Å². The van der Waals surface area contributed by atoms with Gasteiger partial charge in [-0.3, -0.25) is 4.79 Å². The maximum Gasteiger partial charge on any atom is 0.241 e. The summed E-state index contributed by atoms with van der Waals surface area (Å²) in [6.07, 6.45) is 0. The third kappa shape index (κ3) is 3.83. The molecule has 1 amide bonds. The number of nitrogens with two attached hydrogens (primary N) is 1. The highest BCUT2D eigenvalue weighted by atomic mass is 16.5. The molecule has 0 aliphatic rings. The molecule has 0 saturated heterocycles. The van der Waals surface area contributed by atoms with E-state index in [0.29, 0.717) is 0 Å². The predicted octanol–water partition coefficient (Wildman–Crippen LogP) is 2.57. The van der Waals surface area contributed by atoms with Gasteiger partial charge in [-0.25, -0.2) is 0 Å². The molecule has 2 aromatic rings. The van der Waals surface area contributed by atoms with Gasteiger partial charge < -0.3 is 15.8 Å². The van der Waals surface area contributed by atoms with Crippen LogP contribution in [0.3, 0.4) is 0 Å². The van der Waals surface area contributed by atoms with Gasteiger partial charge in [0.2, 0.25) is 5.91 Å². The molecule has 0 heterocycles. The maximum absolute atomic E-state index is 12.2. The molecule has 110 valence electrons. The Balaban J connectivity index is 2.01. The molecule has 2 aromatic carbocycles. The number of hydrogen-bond acceptors (Lipinski definition) is 3. The second-order valence-electron chi connectivity index (χ2n) is 4.89. The van der Waals surface area contributed by atoms with Crippen molar-refractivity contribution in [3.63, 3.8) is 0 Å². The van der Waals surface area contributed by atoms with Crippen molar-refractivity contribution < 1.29 is 9.53 Å². The average Bonchev–Trinajstić information content (AvgIpc) is 2.55. The Hall–Kier alpha value is -2.33. The molecular formula is C17H20N2O2. The van der Waals surface area contributed by atoms with Crippen molar-refractivity contribution in [2.45, 2.75) is 19.0 Å². The lowest BCUT2D eigenvalue weighted by atomic mass is 10.0. The second kappa shape index (κ2) is 6.90. The van der Waals surface area contributed by atoms with E-state index in [0.717, 1.165) is 16.9 Å². The summed E-state index contributed by atoms with van der Waals surface area (Å²) in [5.74, 6) is 0.600. The number of hydrogen-bond donors (Lipinski definition) is 2. The number of nitrogens with one attached hydrogen (secondary N) is 1. The Morgan fingerprint density at radius 3 is 2.24 bits per heavy atom. The van der Waals surface area contributed by atoms with Crippen LogP contribution in [0.4, 0.5) is 0 Å². The van der Waals surface area contributed by atoms with Crippen molar-refractivity contribution in [3.8, 4) is 5.75 Å². The first kappa shape index (κ1) is 15.1. The van der Waals surface area contributed by atoms with Crippen LogP contribution >= 0.6 is 0 Å². The molecule has 3 N–H and O–H groups in total. The van der Waals surface area contributed by atoms with E-state index in [1.54, 1.807) is 7.11 Å². The third-order valence-electron chi connectivity index (χ3n) is 3.42. The van der Waals surface area contributed by atoms with Crippen LogP contribution in [0.15, 0.2) is 54.6 Å². The first-order chi connectivity index (χ1) is 10.1. The van der Waals surface area contributed by atoms with Gasteiger partial charge in [-0.2, -0.15) is 0 Å². The van der Waals surface area contributed by atoms with Crippen LogP contribution in [0.5, 0.6) is 5.75 Å². The lowest BCUT2D eigenvalue weighted by molar-refractivity contribution is -0.123. The number of rotatable bonds is 5. The van der Waals surface area contributed by atoms with Crippen LogP contribution in [0, 0.1) is 0 Å². The molecule has 0 aliphatic carbocycles. The van der Waals surface area contributed by atoms with E-state index in [-0.39, 0.29) is 11.9 Å². The van der Waals surface area contributed by atoms with Crippen molar-refractivity contribution in [1.29, 1.82) is 0 Å². The normalized spacial score (nSPS) is 13.3. The van der Waals surface area contributed by atoms with Crippen molar-refractivity contribution in [2.24, 2.45) is 5.73 Å². The molecule has 0 saturated carbocycles. The van der Waals surface area contributed by atoms with Gasteiger partial charge >= 0.3 is 0 Å². The minimum atomic E-state index is -0.660. The molecular weight excluding hydrogens is 264 g/mol. The molecule has 0 spiro atoms. The summed E-state index contributed by atoms with van der Waals surface area (Å²) in [5.41, 5.74) is 7.79. The molecule has 0 radical (unpaired) electrons. The van der Waals surface area contributed by atoms with Crippen LogP contribution in [-0.4, -0.2) is 13.0 Å². The highest BCUT2D eigenvalue weighted by Gasteiger charge is 2.18. The highest BCUT2D eigenvalue weighted by Crippen LogP contribution is 2.18. The number of ether oxygens (including phenoxy) is 1. The van der Waals surface area contributed by atoms with Crippen LogP contribution in [-0.2, 0) is 4.79 Å². The second-order valence-corrected chi connectivity index (χ2v) is 4.89. The summed E-state index contributed by atoms with van der Waals surface area (Å²) in [4.78, 5) is 12.2. The molecule has 2 atom stereocenters. The van der Waals surface area contributed by atoms with Gasteiger partial charge in [-0.05, 0) is 30.2 Å². The van der Waals surface area contributed by atoms with Gasteiger partial charge in [0.05, 0.1) is 13.2 Å². The molecule has 1 unspecified atom stereocenters. The van der Waals surface area contributed by atoms with Gasteiger partial charge in [0, 0.05) is 0 Å². The lowest BCUT2D eigenvalue weighted by Crippen LogP contribution is -2.35. The van der Waals surface area contributed by atoms with Crippen molar-refractivity contribution in [2.75, 3.05) is 7.11 Å². The van der Waals surface area contributed by atoms with Crippen LogP contribution in [0.2, 0.25) is 0 Å². The van der Waals surface area contributed by atoms with E-state index < -0.39 is 6.04 Å². The van der Waals surface area contributed by atoms with Crippen molar-refractivity contribution >= 4 is 5.91 Å². The molecule has 2 rings (SSSR count). The summed E-state index contributed by atoms with van der Waals surface area (Å²) in [5, 5.41) is 2.93. The molecule has 0 aliphatic heterocycles. The van der Waals surface area contributed by atoms with E-state index in [4.69, 9.17) is 10.5 Å². The first-order valence-electron chi connectivity index (χ1n) is 6.86. The predicted molar refractivity (Wildman–Crippen MR) is 82.9 cm³/mol. The standard InChI is InChI=1S/C17H20N2O2/c1-12(13-8-10-15(21-2)11-9-13)19-17(20)16(18)14-6-4-3-5-7-14/h3-12,16H,18H2,1-2H3,(H,19,20)/t12-,16?/m0/s1. The molecule has 21 heavy (non-hydrogen) atoms. The van der Waals surface area contributed by atoms with Crippen molar-refractivity contribution in [3.05, 3.63) is 65.7 Å². The number of methoxy groups -OCH3 is 1. The largest absolute Gasteiger partial charge is 0.497 e. The van der Waals surface area contributed by atoms with Gasteiger partial charge in [-0.15, -0.1) is 0 Å². The summed E-state index contributed by atoms with van der Waals surface area (Å²) in [6.45, 7) is 1.93. The minimum absolute atomic E-state index is 0.113. The Bertz CT molecular complexity index is 581. The van der Waals surface area contributed by atoms with E-state index in [1.165, 1.54) is 0 Å². The summed E-state index contributed by atoms with van der Waals surface area (Å²) in [6, 6.07) is 16.2. The summed E-state index contributed by atoms with van der Waals surface area (Å²) < 4.78 is 5.12. The molecule has 0 bridgehead atoms. The maximum atomic E-state index is 12.2. The van der Waals surface area contributed by atoms with E-state index in [2.05, 4.69) is 5.32 Å². The fourth-order valence-corrected chi connectivity index (χ4v) is 2.09. The van der Waals surface area contributed by atoms with Gasteiger partial charge in [0.15, 0.2) is 0 Å². The fourth-order valence-electron chi connectivity index (χ4n) is 2.09. The summed E-state index contributed by atoms with van der Waals surface area (Å²) in [7, 11) is 1.62. The van der Waals surface area contributed by atoms with E-state index in [1.807, 2.05) is 61.5 Å². The molecule has 4 heteroatoms. The monoisotopic (exact) mass is 284 g/mol. The quantitative estimate of drug-likeness (QED) is 0.887. The Morgan fingerprint density at radius 2 is 1.67 bits per heavy atom. The number of amides is 1. The zero-order chi connectivity index (χ0) is 15.2. The fraction of sp³-hybridized carbons (Fsp3) is 0.235. The van der Waals surface area contributed by atoms with Gasteiger partial charge in [0.25, 0.3) is 0 Å². The number of benzene rings is 2. The third-order valence-corrected chi connectivity index (χ3v) is 3.42. The first-order valence-corrected chi connectivity index (χ1v) is 6.86. The lowest BCUT2D eigenvalue weighted by Gasteiger charge is -2.18. The number of carbonyl (C=O) groups excluding carboxylic acids is 1. The molecule has 0 fully saturated rings. The topological polar surface area (TPSA) is 64.3 Å². The smallest absolute Gasteiger partial charge is 0.241 e. The van der Waals surface area contributed by atoms with E-state index >= 15 is 0 Å². The van der Waals surface area contributed by atoms with Crippen molar-refractivity contribution in [1.82, 2.24) is 5.32 Å².